The molecule has 0 aromatic heterocycles. The summed E-state index contributed by atoms with van der Waals surface area (Å²) in [5, 5.41) is 0.124. The normalized spacial score (nSPS) is 10.9. The fourth-order valence-corrected chi connectivity index (χ4v) is 2.14. The SMILES string of the molecule is Cc1ccc(C(C)C)cc1OCc1cccc(Cl)c1F. The van der Waals surface area contributed by atoms with E-state index >= 15 is 0 Å². The summed E-state index contributed by atoms with van der Waals surface area (Å²) in [6.45, 7) is 6.42. The summed E-state index contributed by atoms with van der Waals surface area (Å²) in [5.41, 5.74) is 2.71. The molecule has 2 aromatic rings. The molecule has 106 valence electrons. The van der Waals surface area contributed by atoms with E-state index in [1.54, 1.807) is 12.1 Å². The summed E-state index contributed by atoms with van der Waals surface area (Å²) in [7, 11) is 0. The van der Waals surface area contributed by atoms with Crippen LogP contribution in [0.1, 0.15) is 36.5 Å². The van der Waals surface area contributed by atoms with Crippen molar-refractivity contribution in [2.45, 2.75) is 33.3 Å². The highest BCUT2D eigenvalue weighted by atomic mass is 35.5. The Morgan fingerprint density at radius 2 is 1.95 bits per heavy atom. The third-order valence-electron chi connectivity index (χ3n) is 3.29. The standard InChI is InChI=1S/C17H18ClFO/c1-11(2)13-8-7-12(3)16(9-13)20-10-14-5-4-6-15(18)17(14)19/h4-9,11H,10H2,1-3H3. The van der Waals surface area contributed by atoms with Gasteiger partial charge in [-0.05, 0) is 36.1 Å². The first-order valence-corrected chi connectivity index (χ1v) is 7.03. The molecule has 2 rings (SSSR count). The van der Waals surface area contributed by atoms with Gasteiger partial charge in [0.2, 0.25) is 0 Å². The maximum absolute atomic E-state index is 13.8. The molecule has 0 spiro atoms. The van der Waals surface area contributed by atoms with E-state index in [-0.39, 0.29) is 11.6 Å². The van der Waals surface area contributed by atoms with Crippen LogP contribution in [0.25, 0.3) is 0 Å². The van der Waals surface area contributed by atoms with Crippen LogP contribution in [-0.4, -0.2) is 0 Å². The van der Waals surface area contributed by atoms with Gasteiger partial charge in [0.1, 0.15) is 18.2 Å². The Bertz CT molecular complexity index is 608. The van der Waals surface area contributed by atoms with Crippen molar-refractivity contribution >= 4 is 11.6 Å². The molecule has 0 N–H and O–H groups in total. The van der Waals surface area contributed by atoms with Crippen LogP contribution in [0.5, 0.6) is 5.75 Å². The lowest BCUT2D eigenvalue weighted by atomic mass is 10.0. The highest BCUT2D eigenvalue weighted by Crippen LogP contribution is 2.26. The highest BCUT2D eigenvalue weighted by molar-refractivity contribution is 6.30. The second-order valence-electron chi connectivity index (χ2n) is 5.18. The van der Waals surface area contributed by atoms with Crippen LogP contribution in [0.3, 0.4) is 0 Å². The lowest BCUT2D eigenvalue weighted by Gasteiger charge is -2.13. The van der Waals surface area contributed by atoms with Gasteiger partial charge < -0.3 is 4.74 Å². The Kier molecular flexibility index (Phi) is 4.66. The van der Waals surface area contributed by atoms with Crippen molar-refractivity contribution in [1.29, 1.82) is 0 Å². The molecule has 0 saturated carbocycles. The van der Waals surface area contributed by atoms with Crippen LogP contribution >= 0.6 is 11.6 Å². The summed E-state index contributed by atoms with van der Waals surface area (Å²) < 4.78 is 19.6. The molecular weight excluding hydrogens is 275 g/mol. The minimum Gasteiger partial charge on any atom is -0.489 e. The number of ether oxygens (including phenoxy) is 1. The van der Waals surface area contributed by atoms with Crippen LogP contribution in [-0.2, 0) is 6.61 Å². The van der Waals surface area contributed by atoms with Gasteiger partial charge >= 0.3 is 0 Å². The van der Waals surface area contributed by atoms with Gasteiger partial charge in [-0.1, -0.05) is 49.7 Å². The fourth-order valence-electron chi connectivity index (χ4n) is 1.95. The molecule has 0 atom stereocenters. The Hall–Kier alpha value is -1.54. The van der Waals surface area contributed by atoms with Crippen molar-refractivity contribution in [3.8, 4) is 5.75 Å². The smallest absolute Gasteiger partial charge is 0.148 e. The van der Waals surface area contributed by atoms with Gasteiger partial charge in [-0.2, -0.15) is 0 Å². The van der Waals surface area contributed by atoms with Crippen LogP contribution in [0.15, 0.2) is 36.4 Å². The fraction of sp³-hybridized carbons (Fsp3) is 0.294. The Morgan fingerprint density at radius 1 is 1.20 bits per heavy atom. The van der Waals surface area contributed by atoms with Crippen molar-refractivity contribution in [2.75, 3.05) is 0 Å². The summed E-state index contributed by atoms with van der Waals surface area (Å²) in [5.74, 6) is 0.809. The van der Waals surface area contributed by atoms with Crippen LogP contribution < -0.4 is 4.74 Å². The summed E-state index contributed by atoms with van der Waals surface area (Å²) >= 11 is 5.76. The van der Waals surface area contributed by atoms with Gasteiger partial charge in [-0.3, -0.25) is 0 Å². The van der Waals surface area contributed by atoms with E-state index < -0.39 is 5.82 Å². The molecule has 0 heterocycles. The lowest BCUT2D eigenvalue weighted by molar-refractivity contribution is 0.297. The zero-order valence-electron chi connectivity index (χ0n) is 11.9. The van der Waals surface area contributed by atoms with Crippen molar-refractivity contribution in [3.05, 3.63) is 63.9 Å². The van der Waals surface area contributed by atoms with Gasteiger partial charge in [0.25, 0.3) is 0 Å². The molecule has 0 aliphatic rings. The molecule has 0 bridgehead atoms. The number of rotatable bonds is 4. The topological polar surface area (TPSA) is 9.23 Å². The second kappa shape index (κ2) is 6.27. The van der Waals surface area contributed by atoms with Gasteiger partial charge in [0, 0.05) is 5.56 Å². The summed E-state index contributed by atoms with van der Waals surface area (Å²) in [6.07, 6.45) is 0. The predicted molar refractivity (Wildman–Crippen MR) is 81.0 cm³/mol. The van der Waals surface area contributed by atoms with Crippen LogP contribution in [0.2, 0.25) is 5.02 Å². The van der Waals surface area contributed by atoms with E-state index in [1.807, 2.05) is 19.1 Å². The number of aryl methyl sites for hydroxylation is 1. The zero-order chi connectivity index (χ0) is 14.7. The van der Waals surface area contributed by atoms with Gasteiger partial charge in [-0.25, -0.2) is 4.39 Å². The molecule has 0 amide bonds. The number of hydrogen-bond donors (Lipinski definition) is 0. The highest BCUT2D eigenvalue weighted by Gasteiger charge is 2.09. The first kappa shape index (κ1) is 14.9. The molecule has 20 heavy (non-hydrogen) atoms. The van der Waals surface area contributed by atoms with Crippen molar-refractivity contribution in [3.63, 3.8) is 0 Å². The average molecular weight is 293 g/mol. The summed E-state index contributed by atoms with van der Waals surface area (Å²) in [4.78, 5) is 0. The van der Waals surface area contributed by atoms with E-state index in [9.17, 15) is 4.39 Å². The number of halogens is 2. The minimum atomic E-state index is -0.410. The molecule has 0 radical (unpaired) electrons. The molecule has 3 heteroatoms. The quantitative estimate of drug-likeness (QED) is 0.724. The number of benzene rings is 2. The Morgan fingerprint density at radius 3 is 2.65 bits per heavy atom. The molecule has 0 fully saturated rings. The average Bonchev–Trinajstić information content (AvgIpc) is 2.41. The monoisotopic (exact) mass is 292 g/mol. The zero-order valence-corrected chi connectivity index (χ0v) is 12.7. The van der Waals surface area contributed by atoms with E-state index in [0.29, 0.717) is 11.5 Å². The molecule has 2 aromatic carbocycles. The molecule has 0 aliphatic heterocycles. The third kappa shape index (κ3) is 3.31. The molecule has 0 unspecified atom stereocenters. The molecular formula is C17H18ClFO. The first-order chi connectivity index (χ1) is 9.49. The minimum absolute atomic E-state index is 0.124. The van der Waals surface area contributed by atoms with Crippen LogP contribution in [0.4, 0.5) is 4.39 Å². The number of hydrogen-bond acceptors (Lipinski definition) is 1. The van der Waals surface area contributed by atoms with Crippen molar-refractivity contribution in [1.82, 2.24) is 0 Å². The van der Waals surface area contributed by atoms with E-state index in [0.717, 1.165) is 11.3 Å². The maximum Gasteiger partial charge on any atom is 0.148 e. The van der Waals surface area contributed by atoms with Crippen molar-refractivity contribution in [2.24, 2.45) is 0 Å². The largest absolute Gasteiger partial charge is 0.489 e. The molecule has 0 aliphatic carbocycles. The Balaban J connectivity index is 2.18. The third-order valence-corrected chi connectivity index (χ3v) is 3.59. The Labute approximate surface area is 124 Å². The van der Waals surface area contributed by atoms with E-state index in [2.05, 4.69) is 19.9 Å². The van der Waals surface area contributed by atoms with E-state index in [1.165, 1.54) is 11.6 Å². The van der Waals surface area contributed by atoms with Gasteiger partial charge in [-0.15, -0.1) is 0 Å². The molecule has 0 saturated heterocycles. The van der Waals surface area contributed by atoms with Crippen LogP contribution in [0, 0.1) is 12.7 Å². The molecule has 1 nitrogen and oxygen atoms in total. The summed E-state index contributed by atoms with van der Waals surface area (Å²) in [6, 6.07) is 11.1. The first-order valence-electron chi connectivity index (χ1n) is 6.65. The predicted octanol–water partition coefficient (Wildman–Crippen LogP) is 5.49. The van der Waals surface area contributed by atoms with Gasteiger partial charge in [0.05, 0.1) is 5.02 Å². The van der Waals surface area contributed by atoms with Crippen molar-refractivity contribution < 1.29 is 9.13 Å². The lowest BCUT2D eigenvalue weighted by Crippen LogP contribution is -2.01. The second-order valence-corrected chi connectivity index (χ2v) is 5.59. The van der Waals surface area contributed by atoms with Gasteiger partial charge in [0.15, 0.2) is 0 Å². The van der Waals surface area contributed by atoms with E-state index in [4.69, 9.17) is 16.3 Å². The maximum atomic E-state index is 13.8.